The molecule has 1 heterocycles. The molecule has 0 aromatic heterocycles. The van der Waals surface area contributed by atoms with Crippen molar-refractivity contribution in [2.24, 2.45) is 5.73 Å². The number of likely N-dealkylation sites (tertiary alicyclic amines) is 1. The number of methoxy groups -OCH3 is 1. The molecule has 1 aliphatic heterocycles. The average Bonchev–Trinajstić information content (AvgIpc) is 2.68. The van der Waals surface area contributed by atoms with E-state index in [0.717, 1.165) is 11.3 Å². The fourth-order valence-electron chi connectivity index (χ4n) is 3.11. The van der Waals surface area contributed by atoms with Gasteiger partial charge in [0, 0.05) is 32.5 Å². The summed E-state index contributed by atoms with van der Waals surface area (Å²) in [5.41, 5.74) is 7.11. The summed E-state index contributed by atoms with van der Waals surface area (Å²) in [5.74, 6) is 0.352. The lowest BCUT2D eigenvalue weighted by atomic mass is 10.0. The third-order valence-corrected chi connectivity index (χ3v) is 4.72. The van der Waals surface area contributed by atoms with Crippen molar-refractivity contribution in [2.45, 2.75) is 51.4 Å². The lowest BCUT2D eigenvalue weighted by molar-refractivity contribution is -0.163. The Morgan fingerprint density at radius 2 is 1.85 bits per heavy atom. The van der Waals surface area contributed by atoms with Crippen LogP contribution in [-0.2, 0) is 25.5 Å². The Labute approximate surface area is 160 Å². The first-order valence-corrected chi connectivity index (χ1v) is 9.44. The van der Waals surface area contributed by atoms with Crippen molar-refractivity contribution in [1.29, 1.82) is 0 Å². The van der Waals surface area contributed by atoms with Gasteiger partial charge in [-0.2, -0.15) is 0 Å². The second-order valence-electron chi connectivity index (χ2n) is 6.72. The summed E-state index contributed by atoms with van der Waals surface area (Å²) in [6.45, 7) is 5.06. The first-order chi connectivity index (χ1) is 12.9. The van der Waals surface area contributed by atoms with Crippen LogP contribution in [0.5, 0.6) is 5.75 Å². The monoisotopic (exact) mass is 378 g/mol. The molecule has 2 N–H and O–H groups in total. The number of piperidine rings is 1. The van der Waals surface area contributed by atoms with E-state index in [1.54, 1.807) is 18.9 Å². The van der Waals surface area contributed by atoms with Crippen molar-refractivity contribution in [3.63, 3.8) is 0 Å². The molecule has 7 heteroatoms. The molecule has 1 aliphatic rings. The van der Waals surface area contributed by atoms with Gasteiger partial charge in [-0.1, -0.05) is 12.1 Å². The Morgan fingerprint density at radius 3 is 2.41 bits per heavy atom. The summed E-state index contributed by atoms with van der Waals surface area (Å²) < 4.78 is 15.8. The highest BCUT2D eigenvalue weighted by Gasteiger charge is 2.29. The van der Waals surface area contributed by atoms with E-state index in [9.17, 15) is 9.59 Å². The van der Waals surface area contributed by atoms with Crippen molar-refractivity contribution in [3.8, 4) is 5.75 Å². The number of rotatable bonds is 8. The molecular weight excluding hydrogens is 348 g/mol. The summed E-state index contributed by atoms with van der Waals surface area (Å²) in [5, 5.41) is 0. The standard InChI is InChI=1S/C20H30N2O5/c1-4-26-14(2)20(24)27-17-9-11-22(12-10-17)19(23)18(21)13-15-5-7-16(25-3)8-6-15/h5-8,14,17-18H,4,9-13,21H2,1-3H3/t14?,18-/m0/s1. The van der Waals surface area contributed by atoms with Crippen LogP contribution in [0.25, 0.3) is 0 Å². The predicted octanol–water partition coefficient (Wildman–Crippen LogP) is 1.52. The highest BCUT2D eigenvalue weighted by Crippen LogP contribution is 2.17. The van der Waals surface area contributed by atoms with Gasteiger partial charge in [-0.25, -0.2) is 4.79 Å². The Hall–Kier alpha value is -2.12. The van der Waals surface area contributed by atoms with Crippen molar-refractivity contribution in [3.05, 3.63) is 29.8 Å². The molecule has 0 saturated carbocycles. The number of carbonyl (C=O) groups excluding carboxylic acids is 2. The number of nitrogens with two attached hydrogens (primary N) is 1. The molecule has 2 atom stereocenters. The fraction of sp³-hybridized carbons (Fsp3) is 0.600. The lowest BCUT2D eigenvalue weighted by Gasteiger charge is -2.33. The zero-order valence-corrected chi connectivity index (χ0v) is 16.3. The third-order valence-electron chi connectivity index (χ3n) is 4.72. The molecule has 1 fully saturated rings. The topological polar surface area (TPSA) is 91.1 Å². The Balaban J connectivity index is 1.78. The zero-order valence-electron chi connectivity index (χ0n) is 16.3. The Kier molecular flexibility index (Phi) is 8.06. The summed E-state index contributed by atoms with van der Waals surface area (Å²) in [6.07, 6.45) is 0.968. The van der Waals surface area contributed by atoms with Crippen LogP contribution in [0.15, 0.2) is 24.3 Å². The largest absolute Gasteiger partial charge is 0.497 e. The molecule has 1 amide bonds. The third kappa shape index (κ3) is 6.22. The van der Waals surface area contributed by atoms with Gasteiger partial charge in [0.25, 0.3) is 0 Å². The number of hydrogen-bond acceptors (Lipinski definition) is 6. The molecule has 1 aromatic rings. The molecule has 1 aromatic carbocycles. The highest BCUT2D eigenvalue weighted by atomic mass is 16.6. The van der Waals surface area contributed by atoms with Crippen molar-refractivity contribution in [2.75, 3.05) is 26.8 Å². The molecule has 27 heavy (non-hydrogen) atoms. The van der Waals surface area contributed by atoms with Gasteiger partial charge in [0.15, 0.2) is 6.10 Å². The average molecular weight is 378 g/mol. The molecule has 1 unspecified atom stereocenters. The zero-order chi connectivity index (χ0) is 19.8. The van der Waals surface area contributed by atoms with Crippen LogP contribution in [0.2, 0.25) is 0 Å². The summed E-state index contributed by atoms with van der Waals surface area (Å²) in [7, 11) is 1.61. The van der Waals surface area contributed by atoms with Crippen molar-refractivity contribution in [1.82, 2.24) is 4.90 Å². The molecule has 0 radical (unpaired) electrons. The Morgan fingerprint density at radius 1 is 1.22 bits per heavy atom. The molecule has 7 nitrogen and oxygen atoms in total. The van der Waals surface area contributed by atoms with Gasteiger partial charge in [0.1, 0.15) is 11.9 Å². The quantitative estimate of drug-likeness (QED) is 0.690. The maximum atomic E-state index is 12.6. The highest BCUT2D eigenvalue weighted by molar-refractivity contribution is 5.82. The van der Waals surface area contributed by atoms with Crippen molar-refractivity contribution >= 4 is 11.9 Å². The van der Waals surface area contributed by atoms with Gasteiger partial charge >= 0.3 is 5.97 Å². The van der Waals surface area contributed by atoms with Crippen LogP contribution >= 0.6 is 0 Å². The predicted molar refractivity (Wildman–Crippen MR) is 101 cm³/mol. The number of esters is 1. The lowest BCUT2D eigenvalue weighted by Crippen LogP contribution is -2.49. The fourth-order valence-corrected chi connectivity index (χ4v) is 3.11. The number of ether oxygens (including phenoxy) is 3. The minimum atomic E-state index is -0.588. The van der Waals surface area contributed by atoms with Gasteiger partial charge in [0.2, 0.25) is 5.91 Å². The minimum Gasteiger partial charge on any atom is -0.497 e. The van der Waals surface area contributed by atoms with E-state index in [1.165, 1.54) is 0 Å². The van der Waals surface area contributed by atoms with E-state index in [2.05, 4.69) is 0 Å². The minimum absolute atomic E-state index is 0.0710. The summed E-state index contributed by atoms with van der Waals surface area (Å²) in [4.78, 5) is 26.3. The SMILES string of the molecule is CCOC(C)C(=O)OC1CCN(C(=O)[C@@H](N)Cc2ccc(OC)cc2)CC1. The first kappa shape index (κ1) is 21.2. The molecule has 150 valence electrons. The van der Waals surface area contributed by atoms with Gasteiger partial charge in [-0.3, -0.25) is 4.79 Å². The van der Waals surface area contributed by atoms with E-state index >= 15 is 0 Å². The number of benzene rings is 1. The van der Waals surface area contributed by atoms with Crippen molar-refractivity contribution < 1.29 is 23.8 Å². The van der Waals surface area contributed by atoms with Crippen LogP contribution in [0, 0.1) is 0 Å². The molecule has 2 rings (SSSR count). The van der Waals surface area contributed by atoms with E-state index in [0.29, 0.717) is 39.0 Å². The number of carbonyl (C=O) groups is 2. The van der Waals surface area contributed by atoms with Crippen LogP contribution in [0.3, 0.4) is 0 Å². The smallest absolute Gasteiger partial charge is 0.335 e. The molecular formula is C20H30N2O5. The number of amides is 1. The molecule has 0 spiro atoms. The van der Waals surface area contributed by atoms with Gasteiger partial charge < -0.3 is 24.8 Å². The van der Waals surface area contributed by atoms with E-state index in [4.69, 9.17) is 19.9 Å². The van der Waals surface area contributed by atoms with E-state index in [-0.39, 0.29) is 18.0 Å². The van der Waals surface area contributed by atoms with E-state index in [1.807, 2.05) is 31.2 Å². The first-order valence-electron chi connectivity index (χ1n) is 9.44. The van der Waals surface area contributed by atoms with E-state index < -0.39 is 12.1 Å². The number of hydrogen-bond donors (Lipinski definition) is 1. The van der Waals surface area contributed by atoms with Gasteiger partial charge in [0.05, 0.1) is 13.2 Å². The second-order valence-corrected chi connectivity index (χ2v) is 6.72. The van der Waals surface area contributed by atoms with Crippen LogP contribution in [0.4, 0.5) is 0 Å². The van der Waals surface area contributed by atoms with Gasteiger partial charge in [-0.15, -0.1) is 0 Å². The van der Waals surface area contributed by atoms with Crippen LogP contribution in [0.1, 0.15) is 32.3 Å². The maximum absolute atomic E-state index is 12.6. The van der Waals surface area contributed by atoms with Crippen LogP contribution in [-0.4, -0.2) is 61.8 Å². The summed E-state index contributed by atoms with van der Waals surface area (Å²) >= 11 is 0. The van der Waals surface area contributed by atoms with Crippen LogP contribution < -0.4 is 10.5 Å². The maximum Gasteiger partial charge on any atom is 0.335 e. The normalized spacial score (nSPS) is 17.3. The molecule has 0 bridgehead atoms. The summed E-state index contributed by atoms with van der Waals surface area (Å²) in [6, 6.07) is 6.95. The molecule has 0 aliphatic carbocycles. The molecule has 1 saturated heterocycles. The number of nitrogens with zero attached hydrogens (tertiary/aromatic N) is 1. The Bertz CT molecular complexity index is 611. The second kappa shape index (κ2) is 10.3. The van der Waals surface area contributed by atoms with Gasteiger partial charge in [-0.05, 0) is 38.0 Å².